The molecule has 1 N–H and O–H groups in total. The number of nitrogens with zero attached hydrogens (tertiary/aromatic N) is 1. The predicted molar refractivity (Wildman–Crippen MR) is 81.0 cm³/mol. The van der Waals surface area contributed by atoms with Crippen LogP contribution in [0.3, 0.4) is 0 Å². The maximum absolute atomic E-state index is 12.1. The number of methoxy groups -OCH3 is 1. The first-order chi connectivity index (χ1) is 9.77. The molecule has 1 aromatic carbocycles. The van der Waals surface area contributed by atoms with Crippen molar-refractivity contribution < 1.29 is 23.9 Å². The Balaban J connectivity index is 3.24. The number of ether oxygens (including phenoxy) is 2. The topological polar surface area (TPSA) is 91.2 Å². The molecule has 0 heterocycles. The maximum atomic E-state index is 12.1. The van der Waals surface area contributed by atoms with Gasteiger partial charge in [-0.3, -0.25) is 0 Å². The van der Waals surface area contributed by atoms with Gasteiger partial charge in [-0.25, -0.2) is 4.79 Å². The number of carbonyl (C=O) groups is 1. The number of aliphatic carboxylic acids is 1. The number of carboxylic acids is 1. The number of hydrogen-bond acceptors (Lipinski definition) is 5. The molecule has 1 unspecified atom stereocenters. The summed E-state index contributed by atoms with van der Waals surface area (Å²) in [6.45, 7) is 5.14. The lowest BCUT2D eigenvalue weighted by Gasteiger charge is -2.19. The summed E-state index contributed by atoms with van der Waals surface area (Å²) in [5.41, 5.74) is -0.0328. The van der Waals surface area contributed by atoms with Crippen molar-refractivity contribution in [2.75, 3.05) is 13.9 Å². The minimum atomic E-state index is -1.68. The summed E-state index contributed by atoms with van der Waals surface area (Å²) in [6, 6.07) is 6.52. The molecule has 0 saturated carbocycles. The second-order valence-corrected chi connectivity index (χ2v) is 7.06. The summed E-state index contributed by atoms with van der Waals surface area (Å²) >= 11 is -1.68. The fourth-order valence-corrected chi connectivity index (χ4v) is 1.95. The fraction of sp³-hybridized carbons (Fsp3) is 0.429. The standard InChI is InChI=1S/C14H19NO5S/c1-14(2,3)21(18)15-12(13(16)17)10-7-5-6-8-11(10)20-9-19-4/h5-8H,9H2,1-4H3,(H,16,17)/b15-12-. The van der Waals surface area contributed by atoms with Gasteiger partial charge < -0.3 is 19.1 Å². The van der Waals surface area contributed by atoms with Crippen molar-refractivity contribution in [2.45, 2.75) is 25.5 Å². The molecule has 0 amide bonds. The normalized spacial score (nSPS) is 13.9. The molecular weight excluding hydrogens is 294 g/mol. The predicted octanol–water partition coefficient (Wildman–Crippen LogP) is 2.01. The van der Waals surface area contributed by atoms with Gasteiger partial charge in [0.1, 0.15) is 21.9 Å². The molecule has 0 fully saturated rings. The van der Waals surface area contributed by atoms with E-state index in [2.05, 4.69) is 4.40 Å². The quantitative estimate of drug-likeness (QED) is 0.493. The molecule has 0 aliphatic rings. The van der Waals surface area contributed by atoms with Crippen LogP contribution >= 0.6 is 0 Å². The molecule has 21 heavy (non-hydrogen) atoms. The first-order valence-corrected chi connectivity index (χ1v) is 7.33. The van der Waals surface area contributed by atoms with Gasteiger partial charge in [-0.2, -0.15) is 0 Å². The van der Waals surface area contributed by atoms with Crippen molar-refractivity contribution in [1.82, 2.24) is 0 Å². The first kappa shape index (κ1) is 17.5. The van der Waals surface area contributed by atoms with Crippen LogP contribution in [0.4, 0.5) is 0 Å². The molecule has 7 heteroatoms. The average Bonchev–Trinajstić information content (AvgIpc) is 2.41. The number of rotatable bonds is 6. The van der Waals surface area contributed by atoms with E-state index in [1.165, 1.54) is 7.11 Å². The van der Waals surface area contributed by atoms with E-state index in [-0.39, 0.29) is 18.1 Å². The molecule has 6 nitrogen and oxygen atoms in total. The summed E-state index contributed by atoms with van der Waals surface area (Å²) in [6.07, 6.45) is 0. The maximum Gasteiger partial charge on any atom is 0.359 e. The van der Waals surface area contributed by atoms with Crippen LogP contribution in [0.2, 0.25) is 0 Å². The van der Waals surface area contributed by atoms with Gasteiger partial charge in [-0.1, -0.05) is 16.5 Å². The lowest BCUT2D eigenvalue weighted by Crippen LogP contribution is -2.29. The van der Waals surface area contributed by atoms with Crippen molar-refractivity contribution in [2.24, 2.45) is 4.40 Å². The van der Waals surface area contributed by atoms with Gasteiger partial charge in [0.25, 0.3) is 0 Å². The Labute approximate surface area is 127 Å². The Bertz CT molecular complexity index is 524. The minimum Gasteiger partial charge on any atom is -0.591 e. The molecule has 0 radical (unpaired) electrons. The second-order valence-electron chi connectivity index (χ2n) is 5.15. The Hall–Kier alpha value is -1.57. The zero-order valence-electron chi connectivity index (χ0n) is 12.5. The molecule has 1 aromatic rings. The number of carboxylic acid groups (broad SMARTS) is 1. The zero-order chi connectivity index (χ0) is 16.0. The van der Waals surface area contributed by atoms with Gasteiger partial charge >= 0.3 is 5.97 Å². The Morgan fingerprint density at radius 1 is 1.38 bits per heavy atom. The smallest absolute Gasteiger partial charge is 0.359 e. The lowest BCUT2D eigenvalue weighted by atomic mass is 10.1. The third-order valence-electron chi connectivity index (χ3n) is 2.38. The summed E-state index contributed by atoms with van der Waals surface area (Å²) in [7, 11) is 1.46. The highest BCUT2D eigenvalue weighted by molar-refractivity contribution is 7.91. The molecule has 0 saturated heterocycles. The number of para-hydroxylation sites is 1. The van der Waals surface area contributed by atoms with E-state index < -0.39 is 22.1 Å². The highest BCUT2D eigenvalue weighted by Gasteiger charge is 2.30. The van der Waals surface area contributed by atoms with Crippen LogP contribution < -0.4 is 4.74 Å². The van der Waals surface area contributed by atoms with Gasteiger partial charge in [0.2, 0.25) is 5.71 Å². The highest BCUT2D eigenvalue weighted by Crippen LogP contribution is 2.23. The second kappa shape index (κ2) is 7.44. The van der Waals surface area contributed by atoms with Gasteiger partial charge in [0.15, 0.2) is 6.79 Å². The molecule has 0 bridgehead atoms. The molecule has 0 aromatic heterocycles. The van der Waals surface area contributed by atoms with Crippen LogP contribution in [0, 0.1) is 0 Å². The average molecular weight is 313 g/mol. The molecular formula is C14H19NO5S. The van der Waals surface area contributed by atoms with Gasteiger partial charge in [-0.15, -0.1) is 0 Å². The summed E-state index contributed by atoms with van der Waals surface area (Å²) < 4.78 is 25.4. The van der Waals surface area contributed by atoms with Crippen molar-refractivity contribution in [3.63, 3.8) is 0 Å². The van der Waals surface area contributed by atoms with Gasteiger partial charge in [-0.05, 0) is 32.9 Å². The van der Waals surface area contributed by atoms with Crippen molar-refractivity contribution in [1.29, 1.82) is 0 Å². The molecule has 0 aliphatic heterocycles. The van der Waals surface area contributed by atoms with Crippen LogP contribution in [0.15, 0.2) is 28.7 Å². The van der Waals surface area contributed by atoms with E-state index in [9.17, 15) is 14.5 Å². The van der Waals surface area contributed by atoms with E-state index in [0.29, 0.717) is 5.75 Å². The van der Waals surface area contributed by atoms with Crippen molar-refractivity contribution in [3.05, 3.63) is 29.8 Å². The molecule has 1 rings (SSSR count). The van der Waals surface area contributed by atoms with Crippen LogP contribution in [-0.4, -0.2) is 40.0 Å². The van der Waals surface area contributed by atoms with Crippen molar-refractivity contribution in [3.8, 4) is 5.75 Å². The molecule has 116 valence electrons. The fourth-order valence-electron chi connectivity index (χ4n) is 1.33. The van der Waals surface area contributed by atoms with E-state index in [1.807, 2.05) is 0 Å². The zero-order valence-corrected chi connectivity index (χ0v) is 13.3. The van der Waals surface area contributed by atoms with Crippen LogP contribution in [0.1, 0.15) is 26.3 Å². The minimum absolute atomic E-state index is 0.0216. The van der Waals surface area contributed by atoms with Gasteiger partial charge in [0, 0.05) is 7.11 Å². The number of hydrogen-bond donors (Lipinski definition) is 1. The van der Waals surface area contributed by atoms with Crippen LogP contribution in [-0.2, 0) is 20.9 Å². The van der Waals surface area contributed by atoms with Crippen LogP contribution in [0.5, 0.6) is 5.75 Å². The first-order valence-electron chi connectivity index (χ1n) is 6.22. The number of benzene rings is 1. The van der Waals surface area contributed by atoms with Gasteiger partial charge in [0.05, 0.1) is 5.56 Å². The van der Waals surface area contributed by atoms with E-state index in [1.54, 1.807) is 45.0 Å². The van der Waals surface area contributed by atoms with Crippen molar-refractivity contribution >= 4 is 23.0 Å². The summed E-state index contributed by atoms with van der Waals surface area (Å²) in [5.74, 6) is -0.951. The highest BCUT2D eigenvalue weighted by atomic mass is 32.2. The largest absolute Gasteiger partial charge is 0.591 e. The Morgan fingerprint density at radius 3 is 2.52 bits per heavy atom. The monoisotopic (exact) mass is 313 g/mol. The molecule has 0 aliphatic carbocycles. The summed E-state index contributed by atoms with van der Waals surface area (Å²) in [4.78, 5) is 11.4. The van der Waals surface area contributed by atoms with E-state index in [0.717, 1.165) is 0 Å². The molecule has 1 atom stereocenters. The lowest BCUT2D eigenvalue weighted by molar-refractivity contribution is -0.129. The Kier molecular flexibility index (Phi) is 6.19. The summed E-state index contributed by atoms with van der Waals surface area (Å²) in [5, 5.41) is 9.34. The van der Waals surface area contributed by atoms with Crippen LogP contribution in [0.25, 0.3) is 0 Å². The SMILES string of the molecule is COCOc1ccccc1/C(=N/[S+]([O-])C(C)(C)C)C(=O)O. The van der Waals surface area contributed by atoms with E-state index >= 15 is 0 Å². The molecule has 0 spiro atoms. The van der Waals surface area contributed by atoms with E-state index in [4.69, 9.17) is 9.47 Å². The Morgan fingerprint density at radius 2 is 2.00 bits per heavy atom. The third kappa shape index (κ3) is 5.04. The third-order valence-corrected chi connectivity index (χ3v) is 3.77.